The molecule has 2 heterocycles. The highest BCUT2D eigenvalue weighted by atomic mass is 32.1. The monoisotopic (exact) mass is 373 g/mol. The Morgan fingerprint density at radius 1 is 1.19 bits per heavy atom. The van der Waals surface area contributed by atoms with Gasteiger partial charge in [0.05, 0.1) is 17.4 Å². The molecule has 0 N–H and O–H groups in total. The highest BCUT2D eigenvalue weighted by Crippen LogP contribution is 2.29. The molecule has 0 fully saturated rings. The minimum atomic E-state index is -0.929. The Bertz CT molecular complexity index is 943. The largest absolute Gasteiger partial charge is 0.334 e. The molecule has 1 aromatic carbocycles. The average molecular weight is 373 g/mol. The van der Waals surface area contributed by atoms with Crippen molar-refractivity contribution in [2.75, 3.05) is 7.05 Å². The topological polar surface area (TPSA) is 46.1 Å². The molecule has 1 atom stereocenters. The van der Waals surface area contributed by atoms with E-state index in [0.29, 0.717) is 26.8 Å². The summed E-state index contributed by atoms with van der Waals surface area (Å²) in [6.45, 7) is 3.53. The molecule has 0 radical (unpaired) electrons. The van der Waals surface area contributed by atoms with Crippen LogP contribution in [0.1, 0.15) is 33.9 Å². The van der Waals surface area contributed by atoms with Crippen LogP contribution in [0.2, 0.25) is 0 Å². The Morgan fingerprint density at radius 2 is 1.96 bits per heavy atom. The van der Waals surface area contributed by atoms with Gasteiger partial charge in [0.15, 0.2) is 11.6 Å². The van der Waals surface area contributed by atoms with Crippen molar-refractivity contribution < 1.29 is 13.6 Å². The quantitative estimate of drug-likeness (QED) is 0.670. The van der Waals surface area contributed by atoms with Gasteiger partial charge in [-0.15, -0.1) is 11.3 Å². The third-order valence-electron chi connectivity index (χ3n) is 4.20. The number of carbonyl (C=O) groups excluding carboxylic acids is 1. The van der Waals surface area contributed by atoms with Gasteiger partial charge in [-0.05, 0) is 43.7 Å². The SMILES string of the molecule is Cc1nc(-c2ccccn2)sc1C(=O)N(C)C(C)c1ccc(F)c(F)c1. The zero-order chi connectivity index (χ0) is 18.8. The normalized spacial score (nSPS) is 12.0. The number of aryl methyl sites for hydroxylation is 1. The lowest BCUT2D eigenvalue weighted by molar-refractivity contribution is 0.0746. The van der Waals surface area contributed by atoms with Crippen molar-refractivity contribution >= 4 is 17.2 Å². The highest BCUT2D eigenvalue weighted by molar-refractivity contribution is 7.17. The minimum Gasteiger partial charge on any atom is -0.334 e. The van der Waals surface area contributed by atoms with Gasteiger partial charge in [0.25, 0.3) is 5.91 Å². The summed E-state index contributed by atoms with van der Waals surface area (Å²) in [4.78, 5) is 23.6. The van der Waals surface area contributed by atoms with E-state index in [2.05, 4.69) is 9.97 Å². The fraction of sp³-hybridized carbons (Fsp3) is 0.211. The molecular weight excluding hydrogens is 356 g/mol. The molecule has 3 rings (SSSR count). The van der Waals surface area contributed by atoms with Crippen LogP contribution >= 0.6 is 11.3 Å². The van der Waals surface area contributed by atoms with Crippen molar-refractivity contribution in [1.82, 2.24) is 14.9 Å². The molecule has 7 heteroatoms. The van der Waals surface area contributed by atoms with Crippen LogP contribution in [-0.2, 0) is 0 Å². The summed E-state index contributed by atoms with van der Waals surface area (Å²) in [5, 5.41) is 0.667. The maximum Gasteiger partial charge on any atom is 0.266 e. The van der Waals surface area contributed by atoms with E-state index in [1.807, 2.05) is 18.2 Å². The lowest BCUT2D eigenvalue weighted by Gasteiger charge is -2.25. The summed E-state index contributed by atoms with van der Waals surface area (Å²) in [6, 6.07) is 8.74. The van der Waals surface area contributed by atoms with Crippen LogP contribution in [0.4, 0.5) is 8.78 Å². The Morgan fingerprint density at radius 3 is 2.62 bits per heavy atom. The number of hydrogen-bond acceptors (Lipinski definition) is 4. The molecule has 2 aromatic heterocycles. The van der Waals surface area contributed by atoms with Gasteiger partial charge >= 0.3 is 0 Å². The van der Waals surface area contributed by atoms with Crippen LogP contribution in [0.3, 0.4) is 0 Å². The summed E-state index contributed by atoms with van der Waals surface area (Å²) >= 11 is 1.27. The van der Waals surface area contributed by atoms with Crippen LogP contribution in [0.25, 0.3) is 10.7 Å². The standard InChI is InChI=1S/C19H17F2N3OS/c1-11-17(26-18(23-11)16-6-4-5-9-22-16)19(25)24(3)12(2)13-7-8-14(20)15(21)10-13/h4-10,12H,1-3H3. The number of pyridine rings is 1. The first-order chi connectivity index (χ1) is 12.4. The highest BCUT2D eigenvalue weighted by Gasteiger charge is 2.24. The van der Waals surface area contributed by atoms with Crippen molar-refractivity contribution in [2.45, 2.75) is 19.9 Å². The second-order valence-corrected chi connectivity index (χ2v) is 6.91. The molecule has 26 heavy (non-hydrogen) atoms. The number of amides is 1. The molecule has 3 aromatic rings. The number of rotatable bonds is 4. The van der Waals surface area contributed by atoms with Crippen LogP contribution in [0.5, 0.6) is 0 Å². The number of aromatic nitrogens is 2. The van der Waals surface area contributed by atoms with E-state index >= 15 is 0 Å². The van der Waals surface area contributed by atoms with Crippen molar-refractivity contribution in [2.24, 2.45) is 0 Å². The van der Waals surface area contributed by atoms with E-state index in [1.54, 1.807) is 27.1 Å². The van der Waals surface area contributed by atoms with Crippen LogP contribution in [-0.4, -0.2) is 27.8 Å². The van der Waals surface area contributed by atoms with Gasteiger partial charge in [-0.2, -0.15) is 0 Å². The number of halogens is 2. The molecule has 0 aliphatic heterocycles. The Hall–Kier alpha value is -2.67. The fourth-order valence-electron chi connectivity index (χ4n) is 2.53. The number of benzene rings is 1. The molecule has 4 nitrogen and oxygen atoms in total. The predicted molar refractivity (Wildman–Crippen MR) is 96.9 cm³/mol. The first-order valence-electron chi connectivity index (χ1n) is 7.99. The summed E-state index contributed by atoms with van der Waals surface area (Å²) in [6.07, 6.45) is 1.67. The number of carbonyl (C=O) groups is 1. The van der Waals surface area contributed by atoms with Gasteiger partial charge in [0, 0.05) is 13.2 Å². The van der Waals surface area contributed by atoms with Crippen molar-refractivity contribution in [3.63, 3.8) is 0 Å². The van der Waals surface area contributed by atoms with Crippen LogP contribution < -0.4 is 0 Å². The molecule has 0 aliphatic carbocycles. The fourth-order valence-corrected chi connectivity index (χ4v) is 3.55. The Labute approximate surface area is 154 Å². The first kappa shape index (κ1) is 18.1. The molecular formula is C19H17F2N3OS. The van der Waals surface area contributed by atoms with Gasteiger partial charge in [0.1, 0.15) is 9.88 Å². The maximum absolute atomic E-state index is 13.5. The Kier molecular flexibility index (Phi) is 5.08. The van der Waals surface area contributed by atoms with E-state index < -0.39 is 17.7 Å². The zero-order valence-electron chi connectivity index (χ0n) is 14.5. The molecule has 0 saturated carbocycles. The lowest BCUT2D eigenvalue weighted by atomic mass is 10.1. The molecule has 1 unspecified atom stereocenters. The molecule has 134 valence electrons. The predicted octanol–water partition coefficient (Wildman–Crippen LogP) is 4.62. The average Bonchev–Trinajstić information content (AvgIpc) is 3.04. The minimum absolute atomic E-state index is 0.223. The van der Waals surface area contributed by atoms with Gasteiger partial charge in [-0.25, -0.2) is 13.8 Å². The zero-order valence-corrected chi connectivity index (χ0v) is 15.3. The smallest absolute Gasteiger partial charge is 0.266 e. The summed E-state index contributed by atoms with van der Waals surface area (Å²) in [5.74, 6) is -2.06. The second-order valence-electron chi connectivity index (χ2n) is 5.91. The maximum atomic E-state index is 13.5. The first-order valence-corrected chi connectivity index (χ1v) is 8.81. The summed E-state index contributed by atoms with van der Waals surface area (Å²) < 4.78 is 26.6. The van der Waals surface area contributed by atoms with E-state index in [4.69, 9.17) is 0 Å². The molecule has 0 saturated heterocycles. The van der Waals surface area contributed by atoms with Gasteiger partial charge in [-0.1, -0.05) is 12.1 Å². The van der Waals surface area contributed by atoms with E-state index in [9.17, 15) is 13.6 Å². The Balaban J connectivity index is 1.86. The molecule has 0 spiro atoms. The van der Waals surface area contributed by atoms with E-state index in [-0.39, 0.29) is 5.91 Å². The lowest BCUT2D eigenvalue weighted by Crippen LogP contribution is -2.29. The van der Waals surface area contributed by atoms with Crippen molar-refractivity contribution in [3.8, 4) is 10.7 Å². The number of nitrogens with zero attached hydrogens (tertiary/aromatic N) is 3. The third kappa shape index (κ3) is 3.48. The van der Waals surface area contributed by atoms with Gasteiger partial charge in [0.2, 0.25) is 0 Å². The summed E-state index contributed by atoms with van der Waals surface area (Å²) in [5.41, 5.74) is 1.84. The molecule has 0 aliphatic rings. The number of thiazole rings is 1. The van der Waals surface area contributed by atoms with Crippen molar-refractivity contribution in [3.05, 3.63) is 70.4 Å². The molecule has 0 bridgehead atoms. The second kappa shape index (κ2) is 7.29. The van der Waals surface area contributed by atoms with Crippen LogP contribution in [0, 0.1) is 18.6 Å². The van der Waals surface area contributed by atoms with E-state index in [1.165, 1.54) is 22.3 Å². The van der Waals surface area contributed by atoms with E-state index in [0.717, 1.165) is 12.1 Å². The van der Waals surface area contributed by atoms with Crippen LogP contribution in [0.15, 0.2) is 42.6 Å². The van der Waals surface area contributed by atoms with Gasteiger partial charge < -0.3 is 4.90 Å². The third-order valence-corrected chi connectivity index (χ3v) is 5.37. The van der Waals surface area contributed by atoms with Crippen molar-refractivity contribution in [1.29, 1.82) is 0 Å². The molecule has 1 amide bonds. The summed E-state index contributed by atoms with van der Waals surface area (Å²) in [7, 11) is 1.63. The van der Waals surface area contributed by atoms with Gasteiger partial charge in [-0.3, -0.25) is 9.78 Å². The number of hydrogen-bond donors (Lipinski definition) is 0.